The number of hydrogen-bond donors (Lipinski definition) is 2. The minimum absolute atomic E-state index is 0.00608. The molecule has 0 aliphatic heterocycles. The second kappa shape index (κ2) is 6.33. The molecule has 0 spiro atoms. The molecule has 1 unspecified atom stereocenters. The van der Waals surface area contributed by atoms with Crippen molar-refractivity contribution in [2.24, 2.45) is 0 Å². The standard InChI is InChI=1S/C14H17N3OS/c1-3-15-13-12(5-4-7-16-13)14(18)17-10(2)11-6-8-19-9-11/h4-10H,3H2,1-2H3,(H,15,16)(H,17,18). The molecule has 2 heterocycles. The van der Waals surface area contributed by atoms with E-state index in [9.17, 15) is 4.79 Å². The van der Waals surface area contributed by atoms with Crippen molar-refractivity contribution in [3.63, 3.8) is 0 Å². The number of nitrogens with one attached hydrogen (secondary N) is 2. The highest BCUT2D eigenvalue weighted by Crippen LogP contribution is 2.17. The average Bonchev–Trinajstić information content (AvgIpc) is 2.93. The number of aromatic nitrogens is 1. The molecule has 0 bridgehead atoms. The fourth-order valence-electron chi connectivity index (χ4n) is 1.78. The van der Waals surface area contributed by atoms with Crippen LogP contribution in [0.5, 0.6) is 0 Å². The lowest BCUT2D eigenvalue weighted by molar-refractivity contribution is 0.0940. The highest BCUT2D eigenvalue weighted by molar-refractivity contribution is 7.07. The SMILES string of the molecule is CCNc1ncccc1C(=O)NC(C)c1ccsc1. The van der Waals surface area contributed by atoms with Crippen molar-refractivity contribution in [1.29, 1.82) is 0 Å². The third-order valence-corrected chi connectivity index (χ3v) is 3.49. The molecule has 2 N–H and O–H groups in total. The van der Waals surface area contributed by atoms with E-state index >= 15 is 0 Å². The zero-order valence-corrected chi connectivity index (χ0v) is 11.8. The Hall–Kier alpha value is -1.88. The van der Waals surface area contributed by atoms with Crippen LogP contribution in [-0.4, -0.2) is 17.4 Å². The van der Waals surface area contributed by atoms with Gasteiger partial charge in [-0.2, -0.15) is 11.3 Å². The number of nitrogens with zero attached hydrogens (tertiary/aromatic N) is 1. The summed E-state index contributed by atoms with van der Waals surface area (Å²) in [5, 5.41) is 10.1. The molecule has 2 aromatic heterocycles. The fourth-order valence-corrected chi connectivity index (χ4v) is 2.53. The van der Waals surface area contributed by atoms with Crippen LogP contribution < -0.4 is 10.6 Å². The first kappa shape index (κ1) is 13.5. The Morgan fingerprint density at radius 2 is 2.32 bits per heavy atom. The quantitative estimate of drug-likeness (QED) is 0.881. The van der Waals surface area contributed by atoms with Gasteiger partial charge in [0.05, 0.1) is 11.6 Å². The van der Waals surface area contributed by atoms with E-state index < -0.39 is 0 Å². The molecular weight excluding hydrogens is 258 g/mol. The van der Waals surface area contributed by atoms with Gasteiger partial charge in [0.15, 0.2) is 0 Å². The van der Waals surface area contributed by atoms with Gasteiger partial charge in [-0.3, -0.25) is 4.79 Å². The maximum atomic E-state index is 12.3. The monoisotopic (exact) mass is 275 g/mol. The van der Waals surface area contributed by atoms with E-state index in [0.29, 0.717) is 11.4 Å². The van der Waals surface area contributed by atoms with E-state index in [1.165, 1.54) is 0 Å². The average molecular weight is 275 g/mol. The molecule has 1 amide bonds. The lowest BCUT2D eigenvalue weighted by atomic mass is 10.1. The predicted octanol–water partition coefficient (Wildman–Crippen LogP) is 3.07. The lowest BCUT2D eigenvalue weighted by Gasteiger charge is -2.14. The Morgan fingerprint density at radius 1 is 1.47 bits per heavy atom. The molecule has 0 fully saturated rings. The molecule has 1 atom stereocenters. The van der Waals surface area contributed by atoms with Gasteiger partial charge in [-0.15, -0.1) is 0 Å². The summed E-state index contributed by atoms with van der Waals surface area (Å²) in [5.74, 6) is 0.516. The summed E-state index contributed by atoms with van der Waals surface area (Å²) in [6.45, 7) is 4.69. The number of carbonyl (C=O) groups excluding carboxylic acids is 1. The van der Waals surface area contributed by atoms with Gasteiger partial charge >= 0.3 is 0 Å². The van der Waals surface area contributed by atoms with Crippen molar-refractivity contribution in [2.75, 3.05) is 11.9 Å². The summed E-state index contributed by atoms with van der Waals surface area (Å²) in [7, 11) is 0. The Bertz CT molecular complexity index is 539. The van der Waals surface area contributed by atoms with Crippen molar-refractivity contribution < 1.29 is 4.79 Å². The van der Waals surface area contributed by atoms with Gasteiger partial charge in [0.2, 0.25) is 0 Å². The van der Waals surface area contributed by atoms with Crippen molar-refractivity contribution >= 4 is 23.1 Å². The second-order valence-electron chi connectivity index (χ2n) is 4.18. The zero-order valence-electron chi connectivity index (χ0n) is 11.0. The van der Waals surface area contributed by atoms with Crippen molar-refractivity contribution in [1.82, 2.24) is 10.3 Å². The fraction of sp³-hybridized carbons (Fsp3) is 0.286. The van der Waals surface area contributed by atoms with Gasteiger partial charge < -0.3 is 10.6 Å². The lowest BCUT2D eigenvalue weighted by Crippen LogP contribution is -2.27. The minimum Gasteiger partial charge on any atom is -0.370 e. The number of anilines is 1. The summed E-state index contributed by atoms with van der Waals surface area (Å²) in [4.78, 5) is 16.4. The number of carbonyl (C=O) groups is 1. The highest BCUT2D eigenvalue weighted by atomic mass is 32.1. The van der Waals surface area contributed by atoms with Crippen LogP contribution in [-0.2, 0) is 0 Å². The molecule has 0 aliphatic rings. The van der Waals surface area contributed by atoms with Crippen LogP contribution in [0.1, 0.15) is 35.8 Å². The summed E-state index contributed by atoms with van der Waals surface area (Å²) >= 11 is 1.63. The Labute approximate surface area is 116 Å². The second-order valence-corrected chi connectivity index (χ2v) is 4.96. The molecule has 19 heavy (non-hydrogen) atoms. The van der Waals surface area contributed by atoms with Crippen LogP contribution in [0.3, 0.4) is 0 Å². The number of hydrogen-bond acceptors (Lipinski definition) is 4. The molecule has 2 rings (SSSR count). The topological polar surface area (TPSA) is 54.0 Å². The van der Waals surface area contributed by atoms with E-state index in [2.05, 4.69) is 15.6 Å². The largest absolute Gasteiger partial charge is 0.370 e. The van der Waals surface area contributed by atoms with E-state index in [1.54, 1.807) is 29.7 Å². The molecule has 0 saturated heterocycles. The maximum Gasteiger partial charge on any atom is 0.255 e. The maximum absolute atomic E-state index is 12.3. The summed E-state index contributed by atoms with van der Waals surface area (Å²) in [6, 6.07) is 5.56. The third-order valence-electron chi connectivity index (χ3n) is 2.79. The Balaban J connectivity index is 2.11. The first-order chi connectivity index (χ1) is 9.22. The van der Waals surface area contributed by atoms with Crippen LogP contribution in [0.25, 0.3) is 0 Å². The summed E-state index contributed by atoms with van der Waals surface area (Å²) < 4.78 is 0. The molecule has 5 heteroatoms. The van der Waals surface area contributed by atoms with E-state index in [4.69, 9.17) is 0 Å². The van der Waals surface area contributed by atoms with Gasteiger partial charge in [-0.1, -0.05) is 0 Å². The molecular formula is C14H17N3OS. The van der Waals surface area contributed by atoms with E-state index in [-0.39, 0.29) is 11.9 Å². The molecule has 2 aromatic rings. The molecule has 100 valence electrons. The van der Waals surface area contributed by atoms with E-state index in [1.807, 2.05) is 30.7 Å². The Kier molecular flexibility index (Phi) is 4.52. The predicted molar refractivity (Wildman–Crippen MR) is 78.6 cm³/mol. The number of pyridine rings is 1. The molecule has 0 aromatic carbocycles. The zero-order chi connectivity index (χ0) is 13.7. The smallest absolute Gasteiger partial charge is 0.255 e. The molecule has 0 radical (unpaired) electrons. The third kappa shape index (κ3) is 3.32. The van der Waals surface area contributed by atoms with Crippen LogP contribution >= 0.6 is 11.3 Å². The Morgan fingerprint density at radius 3 is 3.00 bits per heavy atom. The van der Waals surface area contributed by atoms with Gasteiger partial charge in [0, 0.05) is 12.7 Å². The van der Waals surface area contributed by atoms with Crippen molar-refractivity contribution in [3.8, 4) is 0 Å². The van der Waals surface area contributed by atoms with Crippen molar-refractivity contribution in [2.45, 2.75) is 19.9 Å². The van der Waals surface area contributed by atoms with Crippen LogP contribution in [0.15, 0.2) is 35.2 Å². The minimum atomic E-state index is -0.109. The van der Waals surface area contributed by atoms with Crippen molar-refractivity contribution in [3.05, 3.63) is 46.3 Å². The normalized spacial score (nSPS) is 11.9. The number of amides is 1. The van der Waals surface area contributed by atoms with Gasteiger partial charge in [0.1, 0.15) is 5.82 Å². The van der Waals surface area contributed by atoms with Crippen LogP contribution in [0.4, 0.5) is 5.82 Å². The van der Waals surface area contributed by atoms with Crippen LogP contribution in [0.2, 0.25) is 0 Å². The van der Waals surface area contributed by atoms with Gasteiger partial charge in [0.25, 0.3) is 5.91 Å². The summed E-state index contributed by atoms with van der Waals surface area (Å²) in [6.07, 6.45) is 1.68. The molecule has 0 saturated carbocycles. The molecule has 4 nitrogen and oxygen atoms in total. The first-order valence-corrected chi connectivity index (χ1v) is 7.18. The number of rotatable bonds is 5. The highest BCUT2D eigenvalue weighted by Gasteiger charge is 2.15. The van der Waals surface area contributed by atoms with E-state index in [0.717, 1.165) is 12.1 Å². The van der Waals surface area contributed by atoms with Gasteiger partial charge in [-0.25, -0.2) is 4.98 Å². The van der Waals surface area contributed by atoms with Gasteiger partial charge in [-0.05, 0) is 48.4 Å². The first-order valence-electron chi connectivity index (χ1n) is 6.24. The number of thiophene rings is 1. The molecule has 0 aliphatic carbocycles. The summed E-state index contributed by atoms with van der Waals surface area (Å²) in [5.41, 5.74) is 1.69. The van der Waals surface area contributed by atoms with Crippen LogP contribution in [0, 0.1) is 0 Å².